The van der Waals surface area contributed by atoms with Crippen molar-refractivity contribution in [1.82, 2.24) is 4.31 Å². The van der Waals surface area contributed by atoms with Crippen LogP contribution in [0.2, 0.25) is 0 Å². The van der Waals surface area contributed by atoms with Gasteiger partial charge in [0.15, 0.2) is 0 Å². The van der Waals surface area contributed by atoms with Gasteiger partial charge in [0, 0.05) is 28.8 Å². The molecule has 8 rings (SSSR count). The van der Waals surface area contributed by atoms with Crippen LogP contribution in [0.4, 0.5) is 0 Å². The van der Waals surface area contributed by atoms with Crippen LogP contribution >= 0.6 is 22.7 Å². The Balaban J connectivity index is 1.33. The molecule has 4 unspecified atom stereocenters. The van der Waals surface area contributed by atoms with Crippen LogP contribution in [-0.4, -0.2) is 47.0 Å². The van der Waals surface area contributed by atoms with E-state index >= 15 is 0 Å². The number of allylic oxidation sites excluding steroid dienone is 2. The normalized spacial score (nSPS) is 24.4. The SMILES string of the molecule is CC1=CCCC2(C)C(CCC2(O)CN(Cc2ccccc2)S(=O)(=O)c2cccs2)c2ccc(cc2C(=O)c2cc3ccccc3s2)CC(O)CC1. The lowest BCUT2D eigenvalue weighted by molar-refractivity contribution is -0.0731. The van der Waals surface area contributed by atoms with Gasteiger partial charge in [-0.15, -0.1) is 22.7 Å². The highest BCUT2D eigenvalue weighted by Crippen LogP contribution is 2.59. The Morgan fingerprint density at radius 1 is 0.961 bits per heavy atom. The number of fused-ring (bicyclic) bond motifs is 9. The van der Waals surface area contributed by atoms with Crippen LogP contribution in [0.15, 0.2) is 112 Å². The quantitative estimate of drug-likeness (QED) is 0.122. The summed E-state index contributed by atoms with van der Waals surface area (Å²) in [4.78, 5) is 15.2. The molecule has 2 bridgehead atoms. The number of nitrogens with zero attached hydrogens (tertiary/aromatic N) is 1. The molecule has 0 saturated heterocycles. The van der Waals surface area contributed by atoms with E-state index in [2.05, 4.69) is 19.9 Å². The number of aliphatic hydroxyl groups is 2. The Morgan fingerprint density at radius 3 is 2.51 bits per heavy atom. The van der Waals surface area contributed by atoms with E-state index in [0.29, 0.717) is 49.0 Å². The summed E-state index contributed by atoms with van der Waals surface area (Å²) in [6.07, 6.45) is 5.76. The Bertz CT molecular complexity index is 2120. The lowest BCUT2D eigenvalue weighted by atomic mass is 9.65. The van der Waals surface area contributed by atoms with Gasteiger partial charge in [-0.1, -0.05) is 85.3 Å². The molecule has 266 valence electrons. The molecule has 5 aromatic rings. The maximum Gasteiger partial charge on any atom is 0.252 e. The molecule has 0 radical (unpaired) electrons. The highest BCUT2D eigenvalue weighted by molar-refractivity contribution is 7.91. The van der Waals surface area contributed by atoms with Gasteiger partial charge in [0.1, 0.15) is 4.21 Å². The molecule has 2 N–H and O–H groups in total. The van der Waals surface area contributed by atoms with Crippen molar-refractivity contribution >= 4 is 48.6 Å². The zero-order valence-electron chi connectivity index (χ0n) is 29.1. The number of carbonyl (C=O) groups is 1. The standard InChI is InChI=1S/C42H45NO5S3/c1-29-10-8-21-41(2)36(20-22-42(41,46)28-43(27-30-11-4-3-5-12-30)51(47,48)39-15-9-23-49-39)34-19-17-31(24-33(44)18-16-29)25-35(34)40(45)38-26-32-13-6-7-14-37(32)50-38/h3-7,9-15,17,19,23,25-26,33,36,44,46H,8,16,18,20-22,24,27-28H2,1-2H3. The van der Waals surface area contributed by atoms with Gasteiger partial charge in [0.25, 0.3) is 10.0 Å². The number of hydrogen-bond acceptors (Lipinski definition) is 7. The van der Waals surface area contributed by atoms with Gasteiger partial charge in [-0.2, -0.15) is 4.31 Å². The minimum atomic E-state index is -3.93. The third-order valence-corrected chi connectivity index (χ3v) is 15.6. The number of carbonyl (C=O) groups excluding carboxylic acids is 1. The monoisotopic (exact) mass is 739 g/mol. The summed E-state index contributed by atoms with van der Waals surface area (Å²) in [5.74, 6) is -0.274. The van der Waals surface area contributed by atoms with Crippen molar-refractivity contribution in [2.75, 3.05) is 6.54 Å². The Hall–Kier alpha value is -3.44. The van der Waals surface area contributed by atoms with E-state index in [1.165, 1.54) is 32.6 Å². The van der Waals surface area contributed by atoms with E-state index < -0.39 is 27.1 Å². The van der Waals surface area contributed by atoms with Gasteiger partial charge in [-0.05, 0) is 110 Å². The Kier molecular flexibility index (Phi) is 10.2. The predicted molar refractivity (Wildman–Crippen MR) is 207 cm³/mol. The zero-order chi connectivity index (χ0) is 35.8. The van der Waals surface area contributed by atoms with Gasteiger partial charge in [0.2, 0.25) is 5.78 Å². The number of aliphatic hydroxyl groups excluding tert-OH is 1. The molecular formula is C42H45NO5S3. The van der Waals surface area contributed by atoms with Crippen molar-refractivity contribution in [3.8, 4) is 0 Å². The summed E-state index contributed by atoms with van der Waals surface area (Å²) >= 11 is 2.66. The van der Waals surface area contributed by atoms with Gasteiger partial charge in [0.05, 0.1) is 16.6 Å². The molecule has 0 amide bonds. The van der Waals surface area contributed by atoms with E-state index in [4.69, 9.17) is 0 Å². The van der Waals surface area contributed by atoms with Crippen molar-refractivity contribution in [2.24, 2.45) is 5.41 Å². The molecular weight excluding hydrogens is 695 g/mol. The fraction of sp³-hybridized carbons (Fsp3) is 0.357. The molecule has 3 aliphatic rings. The second kappa shape index (κ2) is 14.5. The first-order valence-electron chi connectivity index (χ1n) is 17.8. The van der Waals surface area contributed by atoms with Crippen LogP contribution in [0.5, 0.6) is 0 Å². The average Bonchev–Trinajstić information content (AvgIpc) is 3.87. The first-order chi connectivity index (χ1) is 24.5. The molecule has 4 atom stereocenters. The highest BCUT2D eigenvalue weighted by atomic mass is 32.2. The zero-order valence-corrected chi connectivity index (χ0v) is 31.6. The first-order valence-corrected chi connectivity index (χ1v) is 20.9. The lowest BCUT2D eigenvalue weighted by Gasteiger charge is -2.46. The molecule has 9 heteroatoms. The van der Waals surface area contributed by atoms with Crippen LogP contribution in [0.25, 0.3) is 10.1 Å². The fourth-order valence-electron chi connectivity index (χ4n) is 8.27. The average molecular weight is 740 g/mol. The molecule has 3 aromatic carbocycles. The Labute approximate surface area is 309 Å². The molecule has 51 heavy (non-hydrogen) atoms. The van der Waals surface area contributed by atoms with Gasteiger partial charge in [-0.25, -0.2) is 8.42 Å². The number of thiophene rings is 2. The smallest absolute Gasteiger partial charge is 0.252 e. The Morgan fingerprint density at radius 2 is 1.75 bits per heavy atom. The molecule has 3 aliphatic carbocycles. The summed E-state index contributed by atoms with van der Waals surface area (Å²) in [6.45, 7) is 4.26. The van der Waals surface area contributed by atoms with Crippen molar-refractivity contribution in [2.45, 2.75) is 87.2 Å². The van der Waals surface area contributed by atoms with Crippen LogP contribution in [0, 0.1) is 5.41 Å². The van der Waals surface area contributed by atoms with E-state index in [1.807, 2.05) is 78.9 Å². The number of ketones is 1. The van der Waals surface area contributed by atoms with Crippen LogP contribution < -0.4 is 0 Å². The molecule has 2 heterocycles. The molecule has 2 aromatic heterocycles. The predicted octanol–water partition coefficient (Wildman–Crippen LogP) is 9.12. The van der Waals surface area contributed by atoms with Crippen molar-refractivity contribution in [3.05, 3.63) is 135 Å². The van der Waals surface area contributed by atoms with Crippen LogP contribution in [-0.2, 0) is 23.0 Å². The largest absolute Gasteiger partial charge is 0.393 e. The fourth-order valence-corrected chi connectivity index (χ4v) is 11.9. The van der Waals surface area contributed by atoms with Crippen LogP contribution in [0.3, 0.4) is 0 Å². The summed E-state index contributed by atoms with van der Waals surface area (Å²) in [7, 11) is -3.93. The van der Waals surface area contributed by atoms with E-state index in [-0.39, 0.29) is 29.0 Å². The number of rotatable bonds is 8. The third kappa shape index (κ3) is 7.17. The molecule has 1 saturated carbocycles. The highest BCUT2D eigenvalue weighted by Gasteiger charge is 2.58. The van der Waals surface area contributed by atoms with Crippen molar-refractivity contribution in [1.29, 1.82) is 0 Å². The van der Waals surface area contributed by atoms with E-state index in [0.717, 1.165) is 33.2 Å². The summed E-state index contributed by atoms with van der Waals surface area (Å²) in [6, 6.07) is 28.9. The van der Waals surface area contributed by atoms with Crippen molar-refractivity contribution < 1.29 is 23.4 Å². The second-order valence-electron chi connectivity index (χ2n) is 14.6. The topological polar surface area (TPSA) is 94.9 Å². The maximum atomic E-state index is 14.6. The maximum absolute atomic E-state index is 14.6. The van der Waals surface area contributed by atoms with Gasteiger partial charge >= 0.3 is 0 Å². The molecule has 0 spiro atoms. The van der Waals surface area contributed by atoms with Crippen molar-refractivity contribution in [3.63, 3.8) is 0 Å². The number of benzene rings is 3. The summed E-state index contributed by atoms with van der Waals surface area (Å²) < 4.78 is 31.3. The second-order valence-corrected chi connectivity index (χ2v) is 18.8. The van der Waals surface area contributed by atoms with Gasteiger partial charge < -0.3 is 10.2 Å². The number of sulfonamides is 1. The van der Waals surface area contributed by atoms with Crippen LogP contribution in [0.1, 0.15) is 90.2 Å². The third-order valence-electron chi connectivity index (χ3n) is 11.3. The first kappa shape index (κ1) is 35.9. The van der Waals surface area contributed by atoms with Gasteiger partial charge in [-0.3, -0.25) is 4.79 Å². The van der Waals surface area contributed by atoms with E-state index in [1.54, 1.807) is 17.5 Å². The van der Waals surface area contributed by atoms with E-state index in [9.17, 15) is 23.4 Å². The lowest BCUT2D eigenvalue weighted by Crippen LogP contribution is -2.53. The minimum Gasteiger partial charge on any atom is -0.393 e. The summed E-state index contributed by atoms with van der Waals surface area (Å²) in [5, 5.41) is 26.8. The minimum absolute atomic E-state index is 0.0610. The molecule has 0 aliphatic heterocycles. The molecule has 1 fully saturated rings. The molecule has 6 nitrogen and oxygen atoms in total. The number of hydrogen-bond donors (Lipinski definition) is 2. The summed E-state index contributed by atoms with van der Waals surface area (Å²) in [5.41, 5.74) is 2.26.